The summed E-state index contributed by atoms with van der Waals surface area (Å²) in [6.07, 6.45) is 4.97. The van der Waals surface area contributed by atoms with Crippen LogP contribution in [0.3, 0.4) is 0 Å². The summed E-state index contributed by atoms with van der Waals surface area (Å²) in [5.41, 5.74) is 3.22. The molecule has 0 unspecified atom stereocenters. The predicted octanol–water partition coefficient (Wildman–Crippen LogP) is 3.82. The molecule has 118 valence electrons. The third kappa shape index (κ3) is 3.04. The van der Waals surface area contributed by atoms with E-state index in [0.717, 1.165) is 22.5 Å². The van der Waals surface area contributed by atoms with E-state index in [-0.39, 0.29) is 6.42 Å². The van der Waals surface area contributed by atoms with Crippen molar-refractivity contribution >= 4 is 5.97 Å². The molecule has 5 nitrogen and oxygen atoms in total. The Morgan fingerprint density at radius 3 is 2.87 bits per heavy atom. The van der Waals surface area contributed by atoms with E-state index in [9.17, 15) is 9.90 Å². The molecule has 0 aliphatic heterocycles. The second-order valence-electron chi connectivity index (χ2n) is 5.61. The molecule has 0 amide bonds. The van der Waals surface area contributed by atoms with Gasteiger partial charge in [0.1, 0.15) is 17.6 Å². The first-order valence-electron chi connectivity index (χ1n) is 7.42. The highest BCUT2D eigenvalue weighted by Gasteiger charge is 2.23. The van der Waals surface area contributed by atoms with Crippen LogP contribution in [0.25, 0.3) is 11.4 Å². The summed E-state index contributed by atoms with van der Waals surface area (Å²) in [7, 11) is 0. The highest BCUT2D eigenvalue weighted by atomic mass is 16.4. The Bertz CT molecular complexity index is 819. The van der Waals surface area contributed by atoms with Crippen molar-refractivity contribution < 1.29 is 14.3 Å². The van der Waals surface area contributed by atoms with Gasteiger partial charge in [0.25, 0.3) is 0 Å². The van der Waals surface area contributed by atoms with Gasteiger partial charge >= 0.3 is 5.97 Å². The highest BCUT2D eigenvalue weighted by molar-refractivity contribution is 5.68. The molecule has 23 heavy (non-hydrogen) atoms. The van der Waals surface area contributed by atoms with Crippen LogP contribution in [0.1, 0.15) is 29.3 Å². The average Bonchev–Trinajstić information content (AvgIpc) is 3.18. The van der Waals surface area contributed by atoms with Crippen LogP contribution in [0.4, 0.5) is 0 Å². The summed E-state index contributed by atoms with van der Waals surface area (Å²) in [5.74, 6) is 0.470. The summed E-state index contributed by atoms with van der Waals surface area (Å²) in [5, 5.41) is 9.27. The number of carbonyl (C=O) groups is 1. The van der Waals surface area contributed by atoms with E-state index in [1.165, 1.54) is 0 Å². The molecule has 0 aliphatic carbocycles. The fraction of sp³-hybridized carbons (Fsp3) is 0.222. The van der Waals surface area contributed by atoms with E-state index in [2.05, 4.69) is 11.1 Å². The van der Waals surface area contributed by atoms with Crippen molar-refractivity contribution in [3.05, 3.63) is 65.9 Å². The lowest BCUT2D eigenvalue weighted by Crippen LogP contribution is -2.15. The number of benzene rings is 1. The van der Waals surface area contributed by atoms with Gasteiger partial charge in [0.2, 0.25) is 0 Å². The summed E-state index contributed by atoms with van der Waals surface area (Å²) < 4.78 is 7.32. The Balaban J connectivity index is 2.11. The van der Waals surface area contributed by atoms with Gasteiger partial charge in [0, 0.05) is 18.0 Å². The average molecular weight is 310 g/mol. The van der Waals surface area contributed by atoms with Gasteiger partial charge in [-0.15, -0.1) is 0 Å². The van der Waals surface area contributed by atoms with Gasteiger partial charge in [-0.05, 0) is 37.6 Å². The fourth-order valence-corrected chi connectivity index (χ4v) is 2.73. The monoisotopic (exact) mass is 310 g/mol. The van der Waals surface area contributed by atoms with E-state index in [0.29, 0.717) is 5.76 Å². The second-order valence-corrected chi connectivity index (χ2v) is 5.61. The zero-order chi connectivity index (χ0) is 16.4. The quantitative estimate of drug-likeness (QED) is 0.777. The second kappa shape index (κ2) is 6.12. The predicted molar refractivity (Wildman–Crippen MR) is 86.2 cm³/mol. The number of imidazole rings is 1. The minimum atomic E-state index is -0.882. The summed E-state index contributed by atoms with van der Waals surface area (Å²) >= 11 is 0. The topological polar surface area (TPSA) is 68.3 Å². The van der Waals surface area contributed by atoms with Gasteiger partial charge in [-0.3, -0.25) is 4.79 Å². The molecule has 2 heterocycles. The molecular formula is C18H18N2O3. The molecule has 0 bridgehead atoms. The first kappa shape index (κ1) is 15.1. The van der Waals surface area contributed by atoms with Crippen molar-refractivity contribution in [3.63, 3.8) is 0 Å². The van der Waals surface area contributed by atoms with Crippen molar-refractivity contribution in [2.24, 2.45) is 0 Å². The van der Waals surface area contributed by atoms with Crippen LogP contribution in [-0.4, -0.2) is 20.6 Å². The largest absolute Gasteiger partial charge is 0.481 e. The summed E-state index contributed by atoms with van der Waals surface area (Å²) in [6.45, 7) is 4.05. The lowest BCUT2D eigenvalue weighted by molar-refractivity contribution is -0.137. The van der Waals surface area contributed by atoms with Crippen molar-refractivity contribution in [1.29, 1.82) is 0 Å². The smallest absolute Gasteiger partial charge is 0.305 e. The van der Waals surface area contributed by atoms with E-state index >= 15 is 0 Å². The maximum atomic E-state index is 11.3. The number of carboxylic acid groups (broad SMARTS) is 1. The molecule has 0 spiro atoms. The van der Waals surface area contributed by atoms with Crippen molar-refractivity contribution in [1.82, 2.24) is 9.55 Å². The fourth-order valence-electron chi connectivity index (χ4n) is 2.73. The van der Waals surface area contributed by atoms with Crippen LogP contribution in [0.5, 0.6) is 0 Å². The molecule has 1 atom stereocenters. The van der Waals surface area contributed by atoms with E-state index in [4.69, 9.17) is 4.42 Å². The Labute approximate surface area is 134 Å². The molecule has 0 aliphatic rings. The number of aliphatic carboxylic acids is 1. The standard InChI is InChI=1S/C18H18N2O3/c1-12-5-6-13(2)14(10-12)18-19-7-8-20(18)15(11-17(21)22)16-4-3-9-23-16/h3-10,15H,11H2,1-2H3,(H,21,22)/t15-/m1/s1. The Hall–Kier alpha value is -2.82. The molecule has 0 saturated carbocycles. The Kier molecular flexibility index (Phi) is 4.02. The van der Waals surface area contributed by atoms with Crippen molar-refractivity contribution in [2.75, 3.05) is 0 Å². The molecule has 1 aromatic carbocycles. The SMILES string of the molecule is Cc1ccc(C)c(-c2nccn2[C@H](CC(=O)O)c2ccco2)c1. The van der Waals surface area contributed by atoms with Gasteiger partial charge < -0.3 is 14.1 Å². The molecule has 0 saturated heterocycles. The molecule has 5 heteroatoms. The van der Waals surface area contributed by atoms with Crippen molar-refractivity contribution in [3.8, 4) is 11.4 Å². The van der Waals surface area contributed by atoms with Crippen molar-refractivity contribution in [2.45, 2.75) is 26.3 Å². The molecular weight excluding hydrogens is 292 g/mol. The summed E-state index contributed by atoms with van der Waals surface area (Å²) in [4.78, 5) is 15.7. The highest BCUT2D eigenvalue weighted by Crippen LogP contribution is 2.30. The normalized spacial score (nSPS) is 12.3. The molecule has 0 fully saturated rings. The van der Waals surface area contributed by atoms with Crippen LogP contribution in [-0.2, 0) is 4.79 Å². The number of aromatic nitrogens is 2. The van der Waals surface area contributed by atoms with Crippen LogP contribution >= 0.6 is 0 Å². The molecule has 0 radical (unpaired) electrons. The summed E-state index contributed by atoms with van der Waals surface area (Å²) in [6, 6.07) is 9.28. The number of nitrogens with zero attached hydrogens (tertiary/aromatic N) is 2. The van der Waals surface area contributed by atoms with Crippen LogP contribution in [0.2, 0.25) is 0 Å². The number of aryl methyl sites for hydroxylation is 2. The lowest BCUT2D eigenvalue weighted by Gasteiger charge is -2.18. The number of furan rings is 1. The van der Waals surface area contributed by atoms with Crippen LogP contribution < -0.4 is 0 Å². The maximum absolute atomic E-state index is 11.3. The molecule has 1 N–H and O–H groups in total. The molecule has 3 rings (SSSR count). The van der Waals surface area contributed by atoms with Gasteiger partial charge in [-0.2, -0.15) is 0 Å². The van der Waals surface area contributed by atoms with Gasteiger partial charge in [-0.1, -0.05) is 17.7 Å². The van der Waals surface area contributed by atoms with E-state index in [1.54, 1.807) is 30.8 Å². The van der Waals surface area contributed by atoms with Gasteiger partial charge in [0.15, 0.2) is 0 Å². The Morgan fingerprint density at radius 1 is 1.35 bits per heavy atom. The van der Waals surface area contributed by atoms with Gasteiger partial charge in [-0.25, -0.2) is 4.98 Å². The number of hydrogen-bond acceptors (Lipinski definition) is 3. The lowest BCUT2D eigenvalue weighted by atomic mass is 10.0. The van der Waals surface area contributed by atoms with Crippen LogP contribution in [0, 0.1) is 13.8 Å². The molecule has 3 aromatic rings. The van der Waals surface area contributed by atoms with E-state index in [1.807, 2.05) is 30.5 Å². The molecule has 2 aromatic heterocycles. The number of rotatable bonds is 5. The third-order valence-electron chi connectivity index (χ3n) is 3.88. The minimum absolute atomic E-state index is 0.0677. The zero-order valence-corrected chi connectivity index (χ0v) is 13.1. The first-order valence-corrected chi connectivity index (χ1v) is 7.42. The minimum Gasteiger partial charge on any atom is -0.481 e. The zero-order valence-electron chi connectivity index (χ0n) is 13.1. The van der Waals surface area contributed by atoms with Crippen LogP contribution in [0.15, 0.2) is 53.4 Å². The third-order valence-corrected chi connectivity index (χ3v) is 3.88. The number of carboxylic acids is 1. The first-order chi connectivity index (χ1) is 11.1. The maximum Gasteiger partial charge on any atom is 0.305 e. The van der Waals surface area contributed by atoms with E-state index < -0.39 is 12.0 Å². The van der Waals surface area contributed by atoms with Gasteiger partial charge in [0.05, 0.1) is 12.7 Å². The number of hydrogen-bond donors (Lipinski definition) is 1. The Morgan fingerprint density at radius 2 is 2.17 bits per heavy atom.